The minimum atomic E-state index is -0.513. The minimum absolute atomic E-state index is 0.211. The lowest BCUT2D eigenvalue weighted by Crippen LogP contribution is -2.23. The number of hydrogen-bond donors (Lipinski definition) is 1. The highest BCUT2D eigenvalue weighted by atomic mass is 79.9. The van der Waals surface area contributed by atoms with E-state index in [1.165, 1.54) is 18.4 Å². The average molecular weight is 506 g/mol. The van der Waals surface area contributed by atoms with Crippen molar-refractivity contribution in [2.45, 2.75) is 5.92 Å². The number of rotatable bonds is 6. The van der Waals surface area contributed by atoms with Crippen LogP contribution in [0, 0.1) is 0 Å². The minimum Gasteiger partial charge on any atom is -0.465 e. The molecule has 0 aliphatic rings. The molecule has 0 fully saturated rings. The van der Waals surface area contributed by atoms with Crippen molar-refractivity contribution in [3.05, 3.63) is 111 Å². The van der Waals surface area contributed by atoms with E-state index in [0.717, 1.165) is 26.7 Å². The SMILES string of the molecule is COC(=O)c1c(-c2ccc(Br)cc2)csc1NC(=O)C(c1ccccc1)c1ccccc1. The molecular weight excluding hydrogens is 486 g/mol. The molecule has 0 saturated carbocycles. The van der Waals surface area contributed by atoms with E-state index >= 15 is 0 Å². The molecule has 32 heavy (non-hydrogen) atoms. The van der Waals surface area contributed by atoms with E-state index in [4.69, 9.17) is 4.74 Å². The number of anilines is 1. The van der Waals surface area contributed by atoms with Crippen LogP contribution in [0.5, 0.6) is 0 Å². The predicted octanol–water partition coefficient (Wildman–Crippen LogP) is 6.73. The lowest BCUT2D eigenvalue weighted by molar-refractivity contribution is -0.116. The van der Waals surface area contributed by atoms with Gasteiger partial charge in [0, 0.05) is 15.4 Å². The molecule has 1 heterocycles. The second-order valence-corrected chi connectivity index (χ2v) is 8.89. The van der Waals surface area contributed by atoms with Gasteiger partial charge in [-0.15, -0.1) is 11.3 Å². The fourth-order valence-electron chi connectivity index (χ4n) is 3.57. The molecule has 0 aliphatic heterocycles. The Hall–Kier alpha value is -3.22. The number of ether oxygens (including phenoxy) is 1. The van der Waals surface area contributed by atoms with Crippen molar-refractivity contribution < 1.29 is 14.3 Å². The first-order chi connectivity index (χ1) is 15.6. The van der Waals surface area contributed by atoms with Crippen LogP contribution in [-0.4, -0.2) is 19.0 Å². The summed E-state index contributed by atoms with van der Waals surface area (Å²) in [7, 11) is 1.34. The van der Waals surface area contributed by atoms with Gasteiger partial charge in [-0.05, 0) is 28.8 Å². The Labute approximate surface area is 199 Å². The second-order valence-electron chi connectivity index (χ2n) is 7.10. The predicted molar refractivity (Wildman–Crippen MR) is 132 cm³/mol. The molecule has 0 aliphatic carbocycles. The van der Waals surface area contributed by atoms with E-state index in [2.05, 4.69) is 21.2 Å². The maximum absolute atomic E-state index is 13.5. The van der Waals surface area contributed by atoms with E-state index in [1.807, 2.05) is 90.3 Å². The van der Waals surface area contributed by atoms with Crippen LogP contribution in [0.2, 0.25) is 0 Å². The molecule has 6 heteroatoms. The van der Waals surface area contributed by atoms with Crippen molar-refractivity contribution in [2.24, 2.45) is 0 Å². The quantitative estimate of drug-likeness (QED) is 0.295. The van der Waals surface area contributed by atoms with Crippen LogP contribution in [0.25, 0.3) is 11.1 Å². The van der Waals surface area contributed by atoms with Crippen LogP contribution < -0.4 is 5.32 Å². The van der Waals surface area contributed by atoms with Gasteiger partial charge in [-0.2, -0.15) is 0 Å². The molecule has 1 amide bonds. The number of amides is 1. The molecule has 4 nitrogen and oxygen atoms in total. The van der Waals surface area contributed by atoms with Crippen LogP contribution in [0.15, 0.2) is 94.8 Å². The number of halogens is 1. The van der Waals surface area contributed by atoms with Crippen LogP contribution in [0.1, 0.15) is 27.4 Å². The lowest BCUT2D eigenvalue weighted by atomic mass is 9.90. The molecule has 160 valence electrons. The van der Waals surface area contributed by atoms with Crippen molar-refractivity contribution in [3.8, 4) is 11.1 Å². The summed E-state index contributed by atoms with van der Waals surface area (Å²) in [5.74, 6) is -1.21. The fourth-order valence-corrected chi connectivity index (χ4v) is 4.79. The number of methoxy groups -OCH3 is 1. The molecule has 0 bridgehead atoms. The Morgan fingerprint density at radius 2 is 1.44 bits per heavy atom. The summed E-state index contributed by atoms with van der Waals surface area (Å²) in [5.41, 5.74) is 3.70. The van der Waals surface area contributed by atoms with E-state index in [-0.39, 0.29) is 5.91 Å². The highest BCUT2D eigenvalue weighted by molar-refractivity contribution is 9.10. The number of carbonyl (C=O) groups excluding carboxylic acids is 2. The Bertz CT molecular complexity index is 1180. The highest BCUT2D eigenvalue weighted by Crippen LogP contribution is 2.37. The van der Waals surface area contributed by atoms with Crippen molar-refractivity contribution in [1.82, 2.24) is 0 Å². The number of carbonyl (C=O) groups is 2. The number of nitrogens with one attached hydrogen (secondary N) is 1. The van der Waals surface area contributed by atoms with Crippen LogP contribution >= 0.6 is 27.3 Å². The van der Waals surface area contributed by atoms with Crippen molar-refractivity contribution in [1.29, 1.82) is 0 Å². The Morgan fingerprint density at radius 3 is 1.97 bits per heavy atom. The number of thiophene rings is 1. The smallest absolute Gasteiger partial charge is 0.341 e. The molecule has 0 radical (unpaired) electrons. The Morgan fingerprint density at radius 1 is 0.875 bits per heavy atom. The van der Waals surface area contributed by atoms with Crippen LogP contribution in [0.3, 0.4) is 0 Å². The summed E-state index contributed by atoms with van der Waals surface area (Å²) in [6.07, 6.45) is 0. The maximum atomic E-state index is 13.5. The number of esters is 1. The molecule has 0 unspecified atom stereocenters. The normalized spacial score (nSPS) is 10.7. The summed E-state index contributed by atoms with van der Waals surface area (Å²) >= 11 is 4.74. The second kappa shape index (κ2) is 9.94. The molecular formula is C26H20BrNO3S. The molecule has 1 N–H and O–H groups in total. The van der Waals surface area contributed by atoms with Gasteiger partial charge >= 0.3 is 5.97 Å². The summed E-state index contributed by atoms with van der Waals surface area (Å²) in [6.45, 7) is 0. The highest BCUT2D eigenvalue weighted by Gasteiger charge is 2.27. The van der Waals surface area contributed by atoms with Gasteiger partial charge in [0.25, 0.3) is 0 Å². The molecule has 3 aromatic carbocycles. The van der Waals surface area contributed by atoms with Gasteiger partial charge in [0.1, 0.15) is 10.6 Å². The van der Waals surface area contributed by atoms with E-state index in [1.54, 1.807) is 0 Å². The zero-order valence-electron chi connectivity index (χ0n) is 17.2. The lowest BCUT2D eigenvalue weighted by Gasteiger charge is -2.18. The van der Waals surface area contributed by atoms with Crippen molar-refractivity contribution in [2.75, 3.05) is 12.4 Å². The van der Waals surface area contributed by atoms with Gasteiger partial charge < -0.3 is 10.1 Å². The van der Waals surface area contributed by atoms with Crippen molar-refractivity contribution >= 4 is 44.1 Å². The molecule has 1 aromatic heterocycles. The van der Waals surface area contributed by atoms with Crippen LogP contribution in [-0.2, 0) is 9.53 Å². The summed E-state index contributed by atoms with van der Waals surface area (Å²) in [4.78, 5) is 26.2. The van der Waals surface area contributed by atoms with Crippen LogP contribution in [0.4, 0.5) is 5.00 Å². The van der Waals surface area contributed by atoms with Crippen molar-refractivity contribution in [3.63, 3.8) is 0 Å². The summed E-state index contributed by atoms with van der Waals surface area (Å²) in [6, 6.07) is 26.9. The van der Waals surface area contributed by atoms with Gasteiger partial charge in [-0.25, -0.2) is 4.79 Å². The third-order valence-electron chi connectivity index (χ3n) is 5.10. The van der Waals surface area contributed by atoms with Gasteiger partial charge in [0.15, 0.2) is 0 Å². The molecule has 0 spiro atoms. The third kappa shape index (κ3) is 4.66. The zero-order valence-corrected chi connectivity index (χ0v) is 19.7. The Kier molecular flexibility index (Phi) is 6.83. The summed E-state index contributed by atoms with van der Waals surface area (Å²) in [5, 5.41) is 5.33. The zero-order chi connectivity index (χ0) is 22.5. The first kappa shape index (κ1) is 22.0. The maximum Gasteiger partial charge on any atom is 0.341 e. The molecule has 4 aromatic rings. The summed E-state index contributed by atoms with van der Waals surface area (Å²) < 4.78 is 5.98. The standard InChI is InChI=1S/C26H20BrNO3S/c1-31-26(30)23-21(17-12-14-20(27)15-13-17)16-32-25(23)28-24(29)22(18-8-4-2-5-9-18)19-10-6-3-7-11-19/h2-16,22H,1H3,(H,28,29). The van der Waals surface area contributed by atoms with Gasteiger partial charge in [0.05, 0.1) is 13.0 Å². The van der Waals surface area contributed by atoms with E-state index in [0.29, 0.717) is 10.6 Å². The Balaban J connectivity index is 1.73. The number of hydrogen-bond acceptors (Lipinski definition) is 4. The largest absolute Gasteiger partial charge is 0.465 e. The molecule has 4 rings (SSSR count). The first-order valence-electron chi connectivity index (χ1n) is 9.95. The molecule has 0 saturated heterocycles. The third-order valence-corrected chi connectivity index (χ3v) is 6.52. The topological polar surface area (TPSA) is 55.4 Å². The fraction of sp³-hybridized carbons (Fsp3) is 0.0769. The van der Waals surface area contributed by atoms with E-state index in [9.17, 15) is 9.59 Å². The molecule has 0 atom stereocenters. The van der Waals surface area contributed by atoms with Gasteiger partial charge in [-0.3, -0.25) is 4.79 Å². The van der Waals surface area contributed by atoms with E-state index < -0.39 is 11.9 Å². The van der Waals surface area contributed by atoms with Gasteiger partial charge in [0.2, 0.25) is 5.91 Å². The first-order valence-corrected chi connectivity index (χ1v) is 11.6. The van der Waals surface area contributed by atoms with Gasteiger partial charge in [-0.1, -0.05) is 88.7 Å². The average Bonchev–Trinajstić information content (AvgIpc) is 3.24. The monoisotopic (exact) mass is 505 g/mol. The number of benzene rings is 3.